The summed E-state index contributed by atoms with van der Waals surface area (Å²) in [5.74, 6) is 0.867. The van der Waals surface area contributed by atoms with Gasteiger partial charge in [0.1, 0.15) is 5.82 Å². The molecule has 3 heteroatoms. The first-order chi connectivity index (χ1) is 9.65. The number of aryl methyl sites for hydroxylation is 3. The molecule has 0 aliphatic heterocycles. The molecule has 0 bridgehead atoms. The summed E-state index contributed by atoms with van der Waals surface area (Å²) in [6.45, 7) is 6.27. The molecule has 3 aromatic rings. The van der Waals surface area contributed by atoms with Gasteiger partial charge in [-0.05, 0) is 61.0 Å². The van der Waals surface area contributed by atoms with Crippen molar-refractivity contribution in [3.63, 3.8) is 0 Å². The molecule has 0 aliphatic rings. The second-order valence-corrected chi connectivity index (χ2v) is 5.13. The first-order valence-corrected chi connectivity index (χ1v) is 6.69. The number of hydrogen-bond acceptors (Lipinski definition) is 3. The van der Waals surface area contributed by atoms with Crippen LogP contribution in [0.1, 0.15) is 16.7 Å². The Morgan fingerprint density at radius 1 is 0.950 bits per heavy atom. The molecule has 0 radical (unpaired) electrons. The molecule has 0 unspecified atom stereocenters. The maximum absolute atomic E-state index is 4.40. The summed E-state index contributed by atoms with van der Waals surface area (Å²) in [6, 6.07) is 8.27. The van der Waals surface area contributed by atoms with Gasteiger partial charge in [-0.2, -0.15) is 0 Å². The van der Waals surface area contributed by atoms with Crippen molar-refractivity contribution >= 4 is 22.3 Å². The topological polar surface area (TPSA) is 37.8 Å². The maximum Gasteiger partial charge on any atom is 0.130 e. The average molecular weight is 263 g/mol. The van der Waals surface area contributed by atoms with Gasteiger partial charge in [0, 0.05) is 29.7 Å². The van der Waals surface area contributed by atoms with Gasteiger partial charge in [0.2, 0.25) is 0 Å². The van der Waals surface area contributed by atoms with Gasteiger partial charge >= 0.3 is 0 Å². The van der Waals surface area contributed by atoms with E-state index < -0.39 is 0 Å². The van der Waals surface area contributed by atoms with E-state index in [1.807, 2.05) is 31.6 Å². The van der Waals surface area contributed by atoms with E-state index in [9.17, 15) is 0 Å². The lowest BCUT2D eigenvalue weighted by Gasteiger charge is -2.13. The molecule has 100 valence electrons. The molecule has 2 aromatic heterocycles. The molecule has 3 rings (SSSR count). The molecule has 1 N–H and O–H groups in total. The summed E-state index contributed by atoms with van der Waals surface area (Å²) < 4.78 is 0. The van der Waals surface area contributed by atoms with Crippen LogP contribution in [0.4, 0.5) is 11.5 Å². The Balaban J connectivity index is 2.08. The lowest BCUT2D eigenvalue weighted by Crippen LogP contribution is -1.97. The van der Waals surface area contributed by atoms with Crippen molar-refractivity contribution in [1.82, 2.24) is 9.97 Å². The van der Waals surface area contributed by atoms with E-state index in [2.05, 4.69) is 47.3 Å². The van der Waals surface area contributed by atoms with Crippen molar-refractivity contribution < 1.29 is 0 Å². The highest BCUT2D eigenvalue weighted by atomic mass is 15.0. The lowest BCUT2D eigenvalue weighted by atomic mass is 10.0. The monoisotopic (exact) mass is 263 g/mol. The molecule has 0 atom stereocenters. The van der Waals surface area contributed by atoms with Crippen molar-refractivity contribution in [3.8, 4) is 0 Å². The smallest absolute Gasteiger partial charge is 0.130 e. The van der Waals surface area contributed by atoms with E-state index in [0.717, 1.165) is 17.1 Å². The Hall–Kier alpha value is -2.42. The highest BCUT2D eigenvalue weighted by molar-refractivity contribution is 5.92. The normalized spacial score (nSPS) is 10.8. The van der Waals surface area contributed by atoms with Crippen LogP contribution in [0, 0.1) is 20.8 Å². The Kier molecular flexibility index (Phi) is 3.11. The van der Waals surface area contributed by atoms with E-state index in [0.29, 0.717) is 0 Å². The number of rotatable bonds is 2. The second-order valence-electron chi connectivity index (χ2n) is 5.13. The number of fused-ring (bicyclic) bond motifs is 1. The van der Waals surface area contributed by atoms with Crippen LogP contribution in [-0.2, 0) is 0 Å². The summed E-state index contributed by atoms with van der Waals surface area (Å²) >= 11 is 0. The minimum absolute atomic E-state index is 0.867. The zero-order valence-corrected chi connectivity index (χ0v) is 11.9. The van der Waals surface area contributed by atoms with Gasteiger partial charge in [-0.1, -0.05) is 6.07 Å². The molecule has 3 nitrogen and oxygen atoms in total. The number of nitrogens with one attached hydrogen (secondary N) is 1. The molecule has 20 heavy (non-hydrogen) atoms. The van der Waals surface area contributed by atoms with E-state index in [1.54, 1.807) is 0 Å². The van der Waals surface area contributed by atoms with Crippen LogP contribution in [0.5, 0.6) is 0 Å². The highest BCUT2D eigenvalue weighted by Crippen LogP contribution is 2.29. The Bertz CT molecular complexity index is 761. The molecular formula is C17H17N3. The molecule has 2 heterocycles. The van der Waals surface area contributed by atoms with E-state index in [1.165, 1.54) is 21.9 Å². The van der Waals surface area contributed by atoms with Gasteiger partial charge in [-0.3, -0.25) is 4.98 Å². The van der Waals surface area contributed by atoms with Crippen LogP contribution in [0.2, 0.25) is 0 Å². The van der Waals surface area contributed by atoms with Crippen molar-refractivity contribution in [3.05, 3.63) is 59.5 Å². The third-order valence-corrected chi connectivity index (χ3v) is 3.59. The van der Waals surface area contributed by atoms with Crippen molar-refractivity contribution in [2.45, 2.75) is 20.8 Å². The third kappa shape index (κ3) is 2.23. The predicted octanol–water partition coefficient (Wildman–Crippen LogP) is 4.30. The van der Waals surface area contributed by atoms with Crippen LogP contribution < -0.4 is 5.32 Å². The number of anilines is 2. The van der Waals surface area contributed by atoms with Gasteiger partial charge in [-0.15, -0.1) is 0 Å². The summed E-state index contributed by atoms with van der Waals surface area (Å²) in [4.78, 5) is 8.61. The Labute approximate surface area is 118 Å². The van der Waals surface area contributed by atoms with Gasteiger partial charge in [0.05, 0.1) is 0 Å². The van der Waals surface area contributed by atoms with Crippen molar-refractivity contribution in [2.75, 3.05) is 5.32 Å². The summed E-state index contributed by atoms with van der Waals surface area (Å²) in [5.41, 5.74) is 4.69. The molecule has 0 amide bonds. The highest BCUT2D eigenvalue weighted by Gasteiger charge is 2.07. The molecule has 0 saturated carbocycles. The fourth-order valence-corrected chi connectivity index (χ4v) is 2.39. The molecule has 0 aliphatic carbocycles. The first-order valence-electron chi connectivity index (χ1n) is 6.69. The Morgan fingerprint density at radius 2 is 1.80 bits per heavy atom. The number of nitrogens with zero attached hydrogens (tertiary/aromatic N) is 2. The Morgan fingerprint density at radius 3 is 2.55 bits per heavy atom. The second kappa shape index (κ2) is 4.93. The summed E-state index contributed by atoms with van der Waals surface area (Å²) in [7, 11) is 0. The average Bonchev–Trinajstić information content (AvgIpc) is 2.47. The predicted molar refractivity (Wildman–Crippen MR) is 83.5 cm³/mol. The van der Waals surface area contributed by atoms with E-state index in [-0.39, 0.29) is 0 Å². The maximum atomic E-state index is 4.40. The zero-order chi connectivity index (χ0) is 14.1. The lowest BCUT2D eigenvalue weighted by molar-refractivity contribution is 1.25. The SMILES string of the molecule is Cc1ccc(Nc2cc(C)c3cnccc3c2C)nc1. The van der Waals surface area contributed by atoms with Gasteiger partial charge in [-0.25, -0.2) is 4.98 Å². The fourth-order valence-electron chi connectivity index (χ4n) is 2.39. The van der Waals surface area contributed by atoms with Crippen LogP contribution in [0.15, 0.2) is 42.9 Å². The number of aromatic nitrogens is 2. The van der Waals surface area contributed by atoms with Gasteiger partial charge in [0.15, 0.2) is 0 Å². The van der Waals surface area contributed by atoms with Crippen LogP contribution >= 0.6 is 0 Å². The molecule has 0 saturated heterocycles. The molecule has 0 fully saturated rings. The molecule has 1 aromatic carbocycles. The quantitative estimate of drug-likeness (QED) is 0.749. The molecular weight excluding hydrogens is 246 g/mol. The largest absolute Gasteiger partial charge is 0.340 e. The minimum atomic E-state index is 0.867. The van der Waals surface area contributed by atoms with Crippen molar-refractivity contribution in [1.29, 1.82) is 0 Å². The fraction of sp³-hybridized carbons (Fsp3) is 0.176. The van der Waals surface area contributed by atoms with Crippen LogP contribution in [-0.4, -0.2) is 9.97 Å². The van der Waals surface area contributed by atoms with Gasteiger partial charge in [0.25, 0.3) is 0 Å². The molecule has 0 spiro atoms. The van der Waals surface area contributed by atoms with E-state index >= 15 is 0 Å². The first kappa shape index (κ1) is 12.6. The van der Waals surface area contributed by atoms with E-state index in [4.69, 9.17) is 0 Å². The number of pyridine rings is 2. The zero-order valence-electron chi connectivity index (χ0n) is 11.9. The van der Waals surface area contributed by atoms with Crippen LogP contribution in [0.25, 0.3) is 10.8 Å². The van der Waals surface area contributed by atoms with Crippen LogP contribution in [0.3, 0.4) is 0 Å². The number of hydrogen-bond donors (Lipinski definition) is 1. The summed E-state index contributed by atoms with van der Waals surface area (Å²) in [6.07, 6.45) is 5.63. The minimum Gasteiger partial charge on any atom is -0.340 e. The third-order valence-electron chi connectivity index (χ3n) is 3.59. The van der Waals surface area contributed by atoms with Gasteiger partial charge < -0.3 is 5.32 Å². The number of benzene rings is 1. The van der Waals surface area contributed by atoms with Crippen molar-refractivity contribution in [2.24, 2.45) is 0 Å². The summed E-state index contributed by atoms with van der Waals surface area (Å²) in [5, 5.41) is 5.83. The standard InChI is InChI=1S/C17H17N3/c1-11-4-5-17(19-9-11)20-16-8-12(2)15-10-18-7-6-14(15)13(16)3/h4-10H,1-3H3,(H,19,20).